The molecule has 0 spiro atoms. The molecule has 1 fully saturated rings. The summed E-state index contributed by atoms with van der Waals surface area (Å²) in [6, 6.07) is 9.39. The number of amidine groups is 1. The topological polar surface area (TPSA) is 110 Å². The van der Waals surface area contributed by atoms with E-state index in [-0.39, 0.29) is 0 Å². The number of nitrogens with zero attached hydrogens (tertiary/aromatic N) is 4. The molecular formula is C21H25N7OS. The molecule has 9 heteroatoms. The average Bonchev–Trinajstić information content (AvgIpc) is 3.19. The third-order valence-electron chi connectivity index (χ3n) is 5.15. The SMILES string of the molecule is C=NN/C(=N\N)c1cc(Oc2ccc3nc(NCC4CCCCC4)sc3c2)ccn1. The van der Waals surface area contributed by atoms with Crippen molar-refractivity contribution >= 4 is 39.2 Å². The molecule has 2 heterocycles. The highest BCUT2D eigenvalue weighted by molar-refractivity contribution is 7.22. The molecule has 2 aromatic heterocycles. The van der Waals surface area contributed by atoms with Crippen molar-refractivity contribution in [2.75, 3.05) is 11.9 Å². The summed E-state index contributed by atoms with van der Waals surface area (Å²) >= 11 is 1.65. The third kappa shape index (κ3) is 4.85. The van der Waals surface area contributed by atoms with E-state index in [4.69, 9.17) is 15.6 Å². The number of nitrogens with one attached hydrogen (secondary N) is 2. The number of rotatable bonds is 7. The first kappa shape index (κ1) is 20.1. The second-order valence-corrected chi connectivity index (χ2v) is 8.29. The monoisotopic (exact) mass is 423 g/mol. The summed E-state index contributed by atoms with van der Waals surface area (Å²) in [4.78, 5) is 8.93. The van der Waals surface area contributed by atoms with Crippen LogP contribution in [0.4, 0.5) is 5.13 Å². The number of benzene rings is 1. The Morgan fingerprint density at radius 1 is 1.20 bits per heavy atom. The molecule has 3 aromatic rings. The zero-order valence-corrected chi connectivity index (χ0v) is 17.5. The van der Waals surface area contributed by atoms with Crippen LogP contribution in [0.1, 0.15) is 37.8 Å². The molecule has 0 atom stereocenters. The van der Waals surface area contributed by atoms with E-state index in [9.17, 15) is 0 Å². The van der Waals surface area contributed by atoms with Gasteiger partial charge < -0.3 is 15.9 Å². The molecule has 1 aromatic carbocycles. The fourth-order valence-corrected chi connectivity index (χ4v) is 4.54. The number of thiazole rings is 1. The van der Waals surface area contributed by atoms with E-state index in [0.29, 0.717) is 17.3 Å². The van der Waals surface area contributed by atoms with Crippen LogP contribution in [-0.2, 0) is 0 Å². The van der Waals surface area contributed by atoms with Crippen molar-refractivity contribution in [1.29, 1.82) is 0 Å². The number of ether oxygens (including phenoxy) is 1. The first-order valence-electron chi connectivity index (χ1n) is 10.0. The summed E-state index contributed by atoms with van der Waals surface area (Å²) < 4.78 is 7.09. The van der Waals surface area contributed by atoms with Crippen molar-refractivity contribution in [1.82, 2.24) is 15.4 Å². The highest BCUT2D eigenvalue weighted by Crippen LogP contribution is 2.32. The van der Waals surface area contributed by atoms with Gasteiger partial charge in [0.2, 0.25) is 0 Å². The molecule has 30 heavy (non-hydrogen) atoms. The predicted octanol–water partition coefficient (Wildman–Crippen LogP) is 4.30. The van der Waals surface area contributed by atoms with E-state index in [2.05, 4.69) is 32.6 Å². The van der Waals surface area contributed by atoms with Crippen LogP contribution in [0, 0.1) is 5.92 Å². The molecule has 0 bridgehead atoms. The van der Waals surface area contributed by atoms with E-state index in [1.165, 1.54) is 32.1 Å². The Morgan fingerprint density at radius 2 is 2.03 bits per heavy atom. The van der Waals surface area contributed by atoms with Crippen molar-refractivity contribution in [3.8, 4) is 11.5 Å². The summed E-state index contributed by atoms with van der Waals surface area (Å²) in [5.41, 5.74) is 4.08. The lowest BCUT2D eigenvalue weighted by Gasteiger charge is -2.21. The van der Waals surface area contributed by atoms with Gasteiger partial charge in [-0.15, -0.1) is 0 Å². The molecule has 8 nitrogen and oxygen atoms in total. The standard InChI is InChI=1S/C21H25N7OS/c1-23-28-20(27-22)18-11-16(9-10-24-18)29-15-7-8-17-19(12-15)30-21(26-17)25-13-14-5-3-2-4-6-14/h7-12,14H,1-6,13,22H2,(H,25,26)(H,27,28). The van der Waals surface area contributed by atoms with E-state index in [1.807, 2.05) is 18.2 Å². The average molecular weight is 424 g/mol. The van der Waals surface area contributed by atoms with Crippen molar-refractivity contribution in [3.63, 3.8) is 0 Å². The Kier molecular flexibility index (Phi) is 6.38. The number of nitrogens with two attached hydrogens (primary N) is 1. The van der Waals surface area contributed by atoms with Crippen molar-refractivity contribution in [2.45, 2.75) is 32.1 Å². The van der Waals surface area contributed by atoms with E-state index >= 15 is 0 Å². The van der Waals surface area contributed by atoms with Crippen LogP contribution < -0.4 is 21.3 Å². The molecule has 0 amide bonds. The van der Waals surface area contributed by atoms with Gasteiger partial charge in [-0.25, -0.2) is 4.98 Å². The fraction of sp³-hybridized carbons (Fsp3) is 0.333. The van der Waals surface area contributed by atoms with Crippen LogP contribution >= 0.6 is 11.3 Å². The van der Waals surface area contributed by atoms with Crippen LogP contribution in [0.5, 0.6) is 11.5 Å². The molecule has 1 aliphatic carbocycles. The van der Waals surface area contributed by atoms with Gasteiger partial charge in [0.1, 0.15) is 17.2 Å². The van der Waals surface area contributed by atoms with Crippen LogP contribution in [0.3, 0.4) is 0 Å². The Bertz CT molecular complexity index is 1040. The van der Waals surface area contributed by atoms with Gasteiger partial charge in [0, 0.05) is 31.6 Å². The van der Waals surface area contributed by atoms with Crippen molar-refractivity contribution < 1.29 is 4.74 Å². The lowest BCUT2D eigenvalue weighted by Crippen LogP contribution is -2.21. The number of hydrogen-bond acceptors (Lipinski definition) is 8. The maximum absolute atomic E-state index is 6.01. The molecule has 4 N–H and O–H groups in total. The summed E-state index contributed by atoms with van der Waals surface area (Å²) in [7, 11) is 0. The zero-order chi connectivity index (χ0) is 20.8. The third-order valence-corrected chi connectivity index (χ3v) is 6.13. The predicted molar refractivity (Wildman–Crippen MR) is 122 cm³/mol. The van der Waals surface area contributed by atoms with Crippen LogP contribution in [0.15, 0.2) is 46.7 Å². The minimum absolute atomic E-state index is 0.307. The maximum atomic E-state index is 6.01. The van der Waals surface area contributed by atoms with Gasteiger partial charge in [0.05, 0.1) is 10.2 Å². The van der Waals surface area contributed by atoms with E-state index in [1.54, 1.807) is 29.7 Å². The number of pyridine rings is 1. The molecule has 0 aliphatic heterocycles. The van der Waals surface area contributed by atoms with Gasteiger partial charge in [-0.05, 0) is 37.0 Å². The van der Waals surface area contributed by atoms with E-state index in [0.717, 1.165) is 33.6 Å². The first-order chi connectivity index (χ1) is 14.7. The van der Waals surface area contributed by atoms with Crippen LogP contribution in [0.25, 0.3) is 10.2 Å². The molecule has 0 radical (unpaired) electrons. The van der Waals surface area contributed by atoms with Gasteiger partial charge in [0.15, 0.2) is 11.0 Å². The van der Waals surface area contributed by atoms with Gasteiger partial charge in [0.25, 0.3) is 0 Å². The van der Waals surface area contributed by atoms with Crippen molar-refractivity contribution in [3.05, 3.63) is 42.2 Å². The lowest BCUT2D eigenvalue weighted by atomic mass is 9.89. The Labute approximate surface area is 179 Å². The number of hydrazone groups is 2. The minimum Gasteiger partial charge on any atom is -0.457 e. The largest absolute Gasteiger partial charge is 0.457 e. The summed E-state index contributed by atoms with van der Waals surface area (Å²) in [6.45, 7) is 4.37. The lowest BCUT2D eigenvalue weighted by molar-refractivity contribution is 0.373. The minimum atomic E-state index is 0.307. The Balaban J connectivity index is 1.45. The highest BCUT2D eigenvalue weighted by Gasteiger charge is 2.14. The van der Waals surface area contributed by atoms with Crippen LogP contribution in [-0.4, -0.2) is 29.1 Å². The van der Waals surface area contributed by atoms with Gasteiger partial charge in [-0.2, -0.15) is 10.2 Å². The number of anilines is 1. The molecular weight excluding hydrogens is 398 g/mol. The Hall–Kier alpha value is -3.20. The quantitative estimate of drug-likeness (QED) is 0.226. The second-order valence-electron chi connectivity index (χ2n) is 7.26. The molecule has 4 rings (SSSR count). The normalized spacial score (nSPS) is 15.1. The summed E-state index contributed by atoms with van der Waals surface area (Å²) in [5.74, 6) is 7.79. The van der Waals surface area contributed by atoms with E-state index < -0.39 is 0 Å². The Morgan fingerprint density at radius 3 is 2.83 bits per heavy atom. The first-order valence-corrected chi connectivity index (χ1v) is 10.8. The smallest absolute Gasteiger partial charge is 0.191 e. The molecule has 1 aliphatic rings. The number of hydrogen-bond donors (Lipinski definition) is 3. The number of fused-ring (bicyclic) bond motifs is 1. The fourth-order valence-electron chi connectivity index (χ4n) is 3.63. The molecule has 1 saturated carbocycles. The number of aromatic nitrogens is 2. The molecule has 0 saturated heterocycles. The van der Waals surface area contributed by atoms with Crippen molar-refractivity contribution in [2.24, 2.45) is 22.0 Å². The van der Waals surface area contributed by atoms with Gasteiger partial charge in [-0.3, -0.25) is 10.4 Å². The highest BCUT2D eigenvalue weighted by atomic mass is 32.1. The maximum Gasteiger partial charge on any atom is 0.191 e. The van der Waals surface area contributed by atoms with Gasteiger partial charge in [-0.1, -0.05) is 30.6 Å². The van der Waals surface area contributed by atoms with Crippen LogP contribution in [0.2, 0.25) is 0 Å². The second kappa shape index (κ2) is 9.53. The summed E-state index contributed by atoms with van der Waals surface area (Å²) in [5, 5.41) is 11.7. The molecule has 156 valence electrons. The summed E-state index contributed by atoms with van der Waals surface area (Å²) in [6.07, 6.45) is 8.34. The zero-order valence-electron chi connectivity index (χ0n) is 16.7. The molecule has 0 unspecified atom stereocenters. The van der Waals surface area contributed by atoms with Gasteiger partial charge >= 0.3 is 0 Å².